The Balaban J connectivity index is 1.89. The zero-order valence-electron chi connectivity index (χ0n) is 16.5. The van der Waals surface area contributed by atoms with E-state index in [1.165, 1.54) is 0 Å². The highest BCUT2D eigenvalue weighted by Crippen LogP contribution is 2.48. The minimum atomic E-state index is -0.230. The zero-order chi connectivity index (χ0) is 20.1. The van der Waals surface area contributed by atoms with Crippen molar-refractivity contribution in [2.75, 3.05) is 4.90 Å². The molecule has 0 saturated heterocycles. The highest BCUT2D eigenvalue weighted by Gasteiger charge is 2.44. The summed E-state index contributed by atoms with van der Waals surface area (Å²) in [5.74, 6) is -0.0644. The monoisotopic (exact) mass is 393 g/mol. The predicted molar refractivity (Wildman–Crippen MR) is 113 cm³/mol. The van der Waals surface area contributed by atoms with Crippen LogP contribution in [0.1, 0.15) is 50.2 Å². The van der Waals surface area contributed by atoms with Gasteiger partial charge in [0.15, 0.2) is 5.78 Å². The molecule has 4 heteroatoms. The molecular weight excluding hydrogens is 370 g/mol. The van der Waals surface area contributed by atoms with Crippen LogP contribution in [0.25, 0.3) is 0 Å². The molecule has 0 aromatic heterocycles. The second kappa shape index (κ2) is 6.89. The summed E-state index contributed by atoms with van der Waals surface area (Å²) in [6, 6.07) is 15.5. The third-order valence-corrected chi connectivity index (χ3v) is 5.92. The van der Waals surface area contributed by atoms with E-state index in [4.69, 9.17) is 11.6 Å². The number of ketones is 1. The third kappa shape index (κ3) is 3.40. The Morgan fingerprint density at radius 3 is 2.43 bits per heavy atom. The predicted octanol–water partition coefficient (Wildman–Crippen LogP) is 5.81. The number of hydrogen-bond acceptors (Lipinski definition) is 2. The summed E-state index contributed by atoms with van der Waals surface area (Å²) in [5, 5.41) is 0.622. The molecule has 1 atom stereocenters. The van der Waals surface area contributed by atoms with Crippen molar-refractivity contribution in [3.63, 3.8) is 0 Å². The first kappa shape index (κ1) is 18.9. The molecule has 0 spiro atoms. The van der Waals surface area contributed by atoms with E-state index in [0.29, 0.717) is 17.9 Å². The van der Waals surface area contributed by atoms with Gasteiger partial charge in [0.2, 0.25) is 5.91 Å². The molecule has 1 amide bonds. The summed E-state index contributed by atoms with van der Waals surface area (Å²) in [6.07, 6.45) is 1.48. The molecule has 1 aliphatic carbocycles. The van der Waals surface area contributed by atoms with Crippen molar-refractivity contribution in [3.8, 4) is 0 Å². The number of amides is 1. The van der Waals surface area contributed by atoms with E-state index in [2.05, 4.69) is 13.8 Å². The first-order valence-electron chi connectivity index (χ1n) is 9.66. The summed E-state index contributed by atoms with van der Waals surface area (Å²) in [7, 11) is 0. The van der Waals surface area contributed by atoms with Gasteiger partial charge in [-0.15, -0.1) is 0 Å². The Morgan fingerprint density at radius 2 is 1.75 bits per heavy atom. The normalized spacial score (nSPS) is 21.7. The van der Waals surface area contributed by atoms with Crippen LogP contribution >= 0.6 is 11.6 Å². The molecule has 4 rings (SSSR count). The maximum absolute atomic E-state index is 13.3. The minimum absolute atomic E-state index is 0.0260. The fourth-order valence-electron chi connectivity index (χ4n) is 4.42. The van der Waals surface area contributed by atoms with Gasteiger partial charge in [0.05, 0.1) is 0 Å². The lowest BCUT2D eigenvalue weighted by Crippen LogP contribution is -2.43. The van der Waals surface area contributed by atoms with Crippen LogP contribution < -0.4 is 4.90 Å². The first-order chi connectivity index (χ1) is 13.2. The summed E-state index contributed by atoms with van der Waals surface area (Å²) in [5.41, 5.74) is 4.37. The molecule has 144 valence electrons. The average molecular weight is 394 g/mol. The van der Waals surface area contributed by atoms with Crippen LogP contribution in [-0.2, 0) is 9.59 Å². The van der Waals surface area contributed by atoms with Crippen LogP contribution in [0.4, 0.5) is 5.69 Å². The van der Waals surface area contributed by atoms with Gasteiger partial charge in [0.1, 0.15) is 0 Å². The second-order valence-electron chi connectivity index (χ2n) is 8.68. The Kier molecular flexibility index (Phi) is 4.67. The van der Waals surface area contributed by atoms with Crippen LogP contribution in [0.2, 0.25) is 5.02 Å². The van der Waals surface area contributed by atoms with Gasteiger partial charge < -0.3 is 0 Å². The van der Waals surface area contributed by atoms with Crippen LogP contribution in [0.5, 0.6) is 0 Å². The second-order valence-corrected chi connectivity index (χ2v) is 9.11. The SMILES string of the molecule is Cc1ccc(N2C(=O)CC(c3cccc(Cl)c3)C3=C2CC(C)(C)CC3=O)cc1. The third-order valence-electron chi connectivity index (χ3n) is 5.69. The van der Waals surface area contributed by atoms with E-state index in [9.17, 15) is 9.59 Å². The van der Waals surface area contributed by atoms with Gasteiger partial charge in [-0.25, -0.2) is 0 Å². The van der Waals surface area contributed by atoms with Crippen molar-refractivity contribution in [2.24, 2.45) is 5.41 Å². The highest BCUT2D eigenvalue weighted by atomic mass is 35.5. The van der Waals surface area contributed by atoms with E-state index < -0.39 is 0 Å². The summed E-state index contributed by atoms with van der Waals surface area (Å²) < 4.78 is 0. The minimum Gasteiger partial charge on any atom is -0.294 e. The number of aryl methyl sites for hydroxylation is 1. The Morgan fingerprint density at radius 1 is 1.04 bits per heavy atom. The number of hydrogen-bond donors (Lipinski definition) is 0. The molecule has 2 aromatic carbocycles. The maximum Gasteiger partial charge on any atom is 0.232 e. The number of rotatable bonds is 2. The van der Waals surface area contributed by atoms with Crippen molar-refractivity contribution in [1.29, 1.82) is 0 Å². The topological polar surface area (TPSA) is 37.4 Å². The van der Waals surface area contributed by atoms with E-state index in [1.807, 2.05) is 55.5 Å². The lowest BCUT2D eigenvalue weighted by molar-refractivity contribution is -0.121. The van der Waals surface area contributed by atoms with Gasteiger partial charge >= 0.3 is 0 Å². The van der Waals surface area contributed by atoms with Crippen LogP contribution in [0, 0.1) is 12.3 Å². The molecule has 0 radical (unpaired) electrons. The van der Waals surface area contributed by atoms with E-state index in [-0.39, 0.29) is 29.4 Å². The quantitative estimate of drug-likeness (QED) is 0.645. The summed E-state index contributed by atoms with van der Waals surface area (Å²) >= 11 is 6.20. The number of carbonyl (C=O) groups is 2. The molecular formula is C24H24ClNO2. The van der Waals surface area contributed by atoms with E-state index in [1.54, 1.807) is 4.90 Å². The van der Waals surface area contributed by atoms with Crippen LogP contribution in [0.3, 0.4) is 0 Å². The molecule has 3 nitrogen and oxygen atoms in total. The molecule has 1 unspecified atom stereocenters. The number of Topliss-reactive ketones (excluding diaryl/α,β-unsaturated/α-hetero) is 1. The largest absolute Gasteiger partial charge is 0.294 e. The van der Waals surface area contributed by atoms with Gasteiger partial charge in [-0.2, -0.15) is 0 Å². The van der Waals surface area contributed by atoms with Crippen LogP contribution in [-0.4, -0.2) is 11.7 Å². The Bertz CT molecular complexity index is 988. The molecule has 1 aliphatic heterocycles. The maximum atomic E-state index is 13.3. The number of carbonyl (C=O) groups excluding carboxylic acids is 2. The molecule has 0 saturated carbocycles. The molecule has 1 heterocycles. The van der Waals surface area contributed by atoms with Crippen molar-refractivity contribution >= 4 is 29.0 Å². The number of anilines is 1. The smallest absolute Gasteiger partial charge is 0.232 e. The average Bonchev–Trinajstić information content (AvgIpc) is 2.61. The Hall–Kier alpha value is -2.39. The van der Waals surface area contributed by atoms with Crippen molar-refractivity contribution in [2.45, 2.75) is 46.0 Å². The first-order valence-corrected chi connectivity index (χ1v) is 10.0. The van der Waals surface area contributed by atoms with Gasteiger partial charge in [-0.1, -0.05) is 55.3 Å². The van der Waals surface area contributed by atoms with E-state index >= 15 is 0 Å². The lowest BCUT2D eigenvalue weighted by atomic mass is 9.69. The van der Waals surface area contributed by atoms with Crippen molar-refractivity contribution < 1.29 is 9.59 Å². The number of halogens is 1. The standard InChI is InChI=1S/C24H24ClNO2/c1-15-7-9-18(10-8-15)26-20-13-24(2,3)14-21(27)23(20)19(12-22(26)28)16-5-4-6-17(25)11-16/h4-11,19H,12-14H2,1-3H3. The van der Waals surface area contributed by atoms with Crippen LogP contribution in [0.15, 0.2) is 59.8 Å². The van der Waals surface area contributed by atoms with Gasteiger partial charge in [0.25, 0.3) is 0 Å². The molecule has 28 heavy (non-hydrogen) atoms. The van der Waals surface area contributed by atoms with Crippen molar-refractivity contribution in [3.05, 3.63) is 76.0 Å². The molecule has 2 aliphatic rings. The fourth-order valence-corrected chi connectivity index (χ4v) is 4.62. The lowest BCUT2D eigenvalue weighted by Gasteiger charge is -2.43. The molecule has 0 bridgehead atoms. The number of nitrogens with zero attached hydrogens (tertiary/aromatic N) is 1. The zero-order valence-corrected chi connectivity index (χ0v) is 17.2. The van der Waals surface area contributed by atoms with Gasteiger partial charge in [0, 0.05) is 40.7 Å². The summed E-state index contributed by atoms with van der Waals surface area (Å²) in [4.78, 5) is 28.3. The Labute approximate surface area is 171 Å². The van der Waals surface area contributed by atoms with E-state index in [0.717, 1.165) is 28.1 Å². The van der Waals surface area contributed by atoms with Gasteiger partial charge in [-0.3, -0.25) is 14.5 Å². The number of allylic oxidation sites excluding steroid dienone is 2. The highest BCUT2D eigenvalue weighted by molar-refractivity contribution is 6.30. The molecule has 0 fully saturated rings. The number of benzene rings is 2. The van der Waals surface area contributed by atoms with Gasteiger partial charge in [-0.05, 0) is 48.6 Å². The van der Waals surface area contributed by atoms with Crippen molar-refractivity contribution in [1.82, 2.24) is 0 Å². The summed E-state index contributed by atoms with van der Waals surface area (Å²) in [6.45, 7) is 6.21. The molecule has 0 N–H and O–H groups in total. The fraction of sp³-hybridized carbons (Fsp3) is 0.333. The molecule has 2 aromatic rings.